The van der Waals surface area contributed by atoms with Gasteiger partial charge >= 0.3 is 0 Å². The first kappa shape index (κ1) is 38.7. The molecular weight excluding hydrogens is 809 g/mol. The second-order valence-corrected chi connectivity index (χ2v) is 17.7. The SMILES string of the molecule is c1ccc(-c2ccc(N(c3ccc(-c4ccccc4)cc3)c3ccc4c(c3)C3(c5ccccc5-c5ccccc53)c3cc(N(c5ccccc5)c5ccc6ccccc6c5)ccc3-4)cc2)cc1. The molecule has 314 valence electrons. The van der Waals surface area contributed by atoms with E-state index in [1.165, 1.54) is 77.5 Å². The van der Waals surface area contributed by atoms with Crippen molar-refractivity contribution in [1.29, 1.82) is 0 Å². The molecule has 0 aliphatic heterocycles. The minimum absolute atomic E-state index is 0.574. The van der Waals surface area contributed by atoms with Gasteiger partial charge in [-0.05, 0) is 150 Å². The third-order valence-electron chi connectivity index (χ3n) is 14.0. The van der Waals surface area contributed by atoms with Gasteiger partial charge in [-0.2, -0.15) is 0 Å². The van der Waals surface area contributed by atoms with E-state index >= 15 is 0 Å². The Morgan fingerprint density at radius 2 is 0.552 bits per heavy atom. The second kappa shape index (κ2) is 15.8. The molecule has 0 fully saturated rings. The standard InChI is InChI=1S/C65H44N2/c1-4-16-45(17-5-1)48-28-33-52(34-29-48)66(53-35-30-49(31-36-53)46-18-6-2-7-19-46)55-38-40-59-60-41-39-56(67(51-22-8-3-9-23-51)54-37-32-47-20-10-11-21-50(47)42-54)44-64(60)65(63(59)43-55)61-26-14-12-24-57(61)58-25-13-15-27-62(58)65/h1-44H. The van der Waals surface area contributed by atoms with E-state index in [9.17, 15) is 0 Å². The number of fused-ring (bicyclic) bond motifs is 11. The summed E-state index contributed by atoms with van der Waals surface area (Å²) in [5, 5.41) is 2.44. The zero-order chi connectivity index (χ0) is 44.3. The first-order valence-electron chi connectivity index (χ1n) is 23.2. The molecule has 13 rings (SSSR count). The van der Waals surface area contributed by atoms with Gasteiger partial charge in [-0.15, -0.1) is 0 Å². The number of hydrogen-bond acceptors (Lipinski definition) is 2. The highest BCUT2D eigenvalue weighted by molar-refractivity contribution is 5.98. The Kier molecular flexibility index (Phi) is 9.11. The van der Waals surface area contributed by atoms with Crippen molar-refractivity contribution in [3.8, 4) is 44.5 Å². The molecule has 0 aromatic heterocycles. The van der Waals surface area contributed by atoms with E-state index in [1.54, 1.807) is 0 Å². The van der Waals surface area contributed by atoms with E-state index in [0.717, 1.165) is 34.1 Å². The fourth-order valence-electron chi connectivity index (χ4n) is 11.0. The minimum atomic E-state index is -0.574. The van der Waals surface area contributed by atoms with Crippen LogP contribution in [0.4, 0.5) is 34.1 Å². The van der Waals surface area contributed by atoms with Gasteiger partial charge < -0.3 is 9.80 Å². The van der Waals surface area contributed by atoms with Crippen molar-refractivity contribution in [1.82, 2.24) is 0 Å². The summed E-state index contributed by atoms with van der Waals surface area (Å²) in [5.74, 6) is 0. The zero-order valence-electron chi connectivity index (χ0n) is 36.8. The lowest BCUT2D eigenvalue weighted by Crippen LogP contribution is -2.26. The van der Waals surface area contributed by atoms with Crippen LogP contribution in [0, 0.1) is 0 Å². The van der Waals surface area contributed by atoms with Gasteiger partial charge in [-0.25, -0.2) is 0 Å². The fourth-order valence-corrected chi connectivity index (χ4v) is 11.0. The van der Waals surface area contributed by atoms with Crippen molar-refractivity contribution in [3.63, 3.8) is 0 Å². The van der Waals surface area contributed by atoms with Crippen LogP contribution in [0.3, 0.4) is 0 Å². The Balaban J connectivity index is 1.03. The number of benzene rings is 11. The van der Waals surface area contributed by atoms with Crippen LogP contribution in [0.25, 0.3) is 55.3 Å². The van der Waals surface area contributed by atoms with Crippen LogP contribution in [0.2, 0.25) is 0 Å². The molecular formula is C65H44N2. The summed E-state index contributed by atoms with van der Waals surface area (Å²) in [7, 11) is 0. The predicted octanol–water partition coefficient (Wildman–Crippen LogP) is 17.5. The Labute approximate surface area is 391 Å². The van der Waals surface area contributed by atoms with Gasteiger partial charge in [0.15, 0.2) is 0 Å². The molecule has 0 saturated carbocycles. The second-order valence-electron chi connectivity index (χ2n) is 17.7. The molecule has 0 heterocycles. The van der Waals surface area contributed by atoms with Crippen LogP contribution < -0.4 is 9.80 Å². The summed E-state index contributed by atoms with van der Waals surface area (Å²) in [6, 6.07) is 98.1. The van der Waals surface area contributed by atoms with Crippen LogP contribution in [0.1, 0.15) is 22.3 Å². The van der Waals surface area contributed by atoms with Gasteiger partial charge in [0.25, 0.3) is 0 Å². The Hall–Kier alpha value is -8.72. The van der Waals surface area contributed by atoms with Crippen LogP contribution in [0.15, 0.2) is 267 Å². The van der Waals surface area contributed by atoms with Gasteiger partial charge in [0.1, 0.15) is 0 Å². The third-order valence-corrected chi connectivity index (χ3v) is 14.0. The van der Waals surface area contributed by atoms with Crippen LogP contribution in [0.5, 0.6) is 0 Å². The molecule has 11 aromatic rings. The first-order chi connectivity index (χ1) is 33.2. The van der Waals surface area contributed by atoms with Crippen molar-refractivity contribution < 1.29 is 0 Å². The van der Waals surface area contributed by atoms with Crippen LogP contribution in [-0.4, -0.2) is 0 Å². The average molecular weight is 853 g/mol. The molecule has 0 atom stereocenters. The Bertz CT molecular complexity index is 3490. The van der Waals surface area contributed by atoms with E-state index in [2.05, 4.69) is 277 Å². The number of rotatable bonds is 8. The number of nitrogens with zero attached hydrogens (tertiary/aromatic N) is 2. The van der Waals surface area contributed by atoms with Gasteiger partial charge in [0.05, 0.1) is 5.41 Å². The van der Waals surface area contributed by atoms with E-state index in [0.29, 0.717) is 0 Å². The van der Waals surface area contributed by atoms with Crippen molar-refractivity contribution in [3.05, 3.63) is 289 Å². The maximum absolute atomic E-state index is 2.49. The molecule has 2 nitrogen and oxygen atoms in total. The lowest BCUT2D eigenvalue weighted by atomic mass is 9.70. The Morgan fingerprint density at radius 1 is 0.209 bits per heavy atom. The highest BCUT2D eigenvalue weighted by Gasteiger charge is 2.52. The smallest absolute Gasteiger partial charge is 0.0727 e. The maximum atomic E-state index is 2.49. The molecule has 2 aliphatic rings. The highest BCUT2D eigenvalue weighted by Crippen LogP contribution is 2.64. The molecule has 2 heteroatoms. The van der Waals surface area contributed by atoms with E-state index in [1.807, 2.05) is 0 Å². The van der Waals surface area contributed by atoms with Gasteiger partial charge in [0, 0.05) is 34.1 Å². The number of hydrogen-bond donors (Lipinski definition) is 0. The van der Waals surface area contributed by atoms with Crippen LogP contribution in [-0.2, 0) is 5.41 Å². The lowest BCUT2D eigenvalue weighted by molar-refractivity contribution is 0.793. The van der Waals surface area contributed by atoms with Crippen molar-refractivity contribution in [2.75, 3.05) is 9.80 Å². The number of para-hydroxylation sites is 1. The maximum Gasteiger partial charge on any atom is 0.0727 e. The van der Waals surface area contributed by atoms with Gasteiger partial charge in [0.2, 0.25) is 0 Å². The lowest BCUT2D eigenvalue weighted by Gasteiger charge is -2.33. The molecule has 0 radical (unpaired) electrons. The normalized spacial score (nSPS) is 12.6. The molecule has 1 spiro atoms. The molecule has 2 aliphatic carbocycles. The first-order valence-corrected chi connectivity index (χ1v) is 23.2. The largest absolute Gasteiger partial charge is 0.310 e. The van der Waals surface area contributed by atoms with E-state index in [4.69, 9.17) is 0 Å². The molecule has 0 bridgehead atoms. The monoisotopic (exact) mass is 852 g/mol. The van der Waals surface area contributed by atoms with Crippen molar-refractivity contribution in [2.24, 2.45) is 0 Å². The van der Waals surface area contributed by atoms with Gasteiger partial charge in [-0.1, -0.05) is 194 Å². The molecule has 0 N–H and O–H groups in total. The average Bonchev–Trinajstić information content (AvgIpc) is 3.87. The minimum Gasteiger partial charge on any atom is -0.310 e. The summed E-state index contributed by atoms with van der Waals surface area (Å²) in [6.45, 7) is 0. The third kappa shape index (κ3) is 6.26. The van der Waals surface area contributed by atoms with Gasteiger partial charge in [-0.3, -0.25) is 0 Å². The van der Waals surface area contributed by atoms with E-state index in [-0.39, 0.29) is 0 Å². The molecule has 11 aromatic carbocycles. The fraction of sp³-hybridized carbons (Fsp3) is 0.0154. The topological polar surface area (TPSA) is 6.48 Å². The number of anilines is 6. The summed E-state index contributed by atoms with van der Waals surface area (Å²) >= 11 is 0. The molecule has 67 heavy (non-hydrogen) atoms. The highest BCUT2D eigenvalue weighted by atomic mass is 15.1. The summed E-state index contributed by atoms with van der Waals surface area (Å²) in [4.78, 5) is 4.84. The molecule has 0 saturated heterocycles. The van der Waals surface area contributed by atoms with Crippen molar-refractivity contribution >= 4 is 44.9 Å². The summed E-state index contributed by atoms with van der Waals surface area (Å²) in [5.41, 5.74) is 21.2. The summed E-state index contributed by atoms with van der Waals surface area (Å²) < 4.78 is 0. The van der Waals surface area contributed by atoms with E-state index < -0.39 is 5.41 Å². The molecule has 0 unspecified atom stereocenters. The molecule has 0 amide bonds. The Morgan fingerprint density at radius 3 is 1.07 bits per heavy atom. The predicted molar refractivity (Wildman–Crippen MR) is 280 cm³/mol. The quantitative estimate of drug-likeness (QED) is 0.150. The van der Waals surface area contributed by atoms with Crippen LogP contribution >= 0.6 is 0 Å². The zero-order valence-corrected chi connectivity index (χ0v) is 36.8. The summed E-state index contributed by atoms with van der Waals surface area (Å²) in [6.07, 6.45) is 0. The van der Waals surface area contributed by atoms with Crippen molar-refractivity contribution in [2.45, 2.75) is 5.41 Å².